The minimum absolute atomic E-state index is 0.120. The summed E-state index contributed by atoms with van der Waals surface area (Å²) in [4.78, 5) is 12.4. The number of hydrogen-bond donors (Lipinski definition) is 0. The van der Waals surface area contributed by atoms with Gasteiger partial charge in [0, 0.05) is 15.6 Å². The predicted octanol–water partition coefficient (Wildman–Crippen LogP) is 6.52. The molecule has 0 fully saturated rings. The molecule has 1 aliphatic rings. The summed E-state index contributed by atoms with van der Waals surface area (Å²) in [7, 11) is 0. The molecule has 124 valence electrons. The summed E-state index contributed by atoms with van der Waals surface area (Å²) in [6.07, 6.45) is 3.83. The van der Waals surface area contributed by atoms with Crippen molar-refractivity contribution in [1.29, 1.82) is 0 Å². The van der Waals surface area contributed by atoms with Crippen molar-refractivity contribution in [3.8, 4) is 0 Å². The molecule has 23 heavy (non-hydrogen) atoms. The molecule has 1 aliphatic carbocycles. The largest absolute Gasteiger partial charge is 0.289 e. The maximum Gasteiger partial charge on any atom is 0.186 e. The molecule has 0 heterocycles. The van der Waals surface area contributed by atoms with Crippen LogP contribution in [0.5, 0.6) is 0 Å². The zero-order chi connectivity index (χ0) is 17.8. The number of ketones is 1. The zero-order valence-electron chi connectivity index (χ0n) is 15.0. The number of halogens is 1. The van der Waals surface area contributed by atoms with Crippen LogP contribution >= 0.6 is 15.9 Å². The van der Waals surface area contributed by atoms with E-state index in [1.54, 1.807) is 0 Å². The average Bonchev–Trinajstić information content (AvgIpc) is 2.40. The lowest BCUT2D eigenvalue weighted by Gasteiger charge is -2.31. The van der Waals surface area contributed by atoms with Crippen molar-refractivity contribution in [3.63, 3.8) is 0 Å². The molecule has 0 N–H and O–H groups in total. The van der Waals surface area contributed by atoms with Crippen LogP contribution in [-0.4, -0.2) is 5.78 Å². The first-order valence-corrected chi connectivity index (χ1v) is 8.61. The first-order valence-electron chi connectivity index (χ1n) is 7.81. The second kappa shape index (κ2) is 7.44. The van der Waals surface area contributed by atoms with Crippen LogP contribution in [0, 0.1) is 10.8 Å². The van der Waals surface area contributed by atoms with Crippen LogP contribution in [0.25, 0.3) is 0 Å². The fourth-order valence-corrected chi connectivity index (χ4v) is 2.52. The van der Waals surface area contributed by atoms with Gasteiger partial charge in [0.05, 0.1) is 0 Å². The summed E-state index contributed by atoms with van der Waals surface area (Å²) in [6.45, 7) is 16.4. The van der Waals surface area contributed by atoms with Crippen LogP contribution in [0.2, 0.25) is 0 Å². The molecule has 0 saturated carbocycles. The molecule has 2 heteroatoms. The number of carbonyl (C=O) groups excluding carboxylic acids is 1. The minimum atomic E-state index is -0.120. The molecule has 2 rings (SSSR count). The van der Waals surface area contributed by atoms with Gasteiger partial charge in [-0.2, -0.15) is 0 Å². The molecule has 1 aromatic rings. The van der Waals surface area contributed by atoms with Gasteiger partial charge in [-0.05, 0) is 40.7 Å². The number of hydrogen-bond acceptors (Lipinski definition) is 1. The smallest absolute Gasteiger partial charge is 0.186 e. The highest BCUT2D eigenvalue weighted by Crippen LogP contribution is 2.38. The molecule has 0 amide bonds. The Morgan fingerprint density at radius 2 is 1.22 bits per heavy atom. The average molecular weight is 375 g/mol. The fraction of sp³-hybridized carbons (Fsp3) is 0.381. The van der Waals surface area contributed by atoms with Crippen molar-refractivity contribution in [2.75, 3.05) is 0 Å². The third-order valence-corrected chi connectivity index (χ3v) is 4.03. The first kappa shape index (κ1) is 19.6. The molecule has 1 aromatic carbocycles. The molecule has 0 saturated heterocycles. The van der Waals surface area contributed by atoms with E-state index in [4.69, 9.17) is 0 Å². The second-order valence-corrected chi connectivity index (χ2v) is 8.73. The van der Waals surface area contributed by atoms with Gasteiger partial charge < -0.3 is 0 Å². The fourth-order valence-electron chi connectivity index (χ4n) is 2.22. The molecule has 0 spiro atoms. The van der Waals surface area contributed by atoms with Crippen LogP contribution in [0.4, 0.5) is 0 Å². The van der Waals surface area contributed by atoms with Gasteiger partial charge in [-0.15, -0.1) is 0 Å². The van der Waals surface area contributed by atoms with Crippen LogP contribution < -0.4 is 0 Å². The highest BCUT2D eigenvalue weighted by atomic mass is 79.9. The Morgan fingerprint density at radius 3 is 1.48 bits per heavy atom. The van der Waals surface area contributed by atoms with Gasteiger partial charge in [0.1, 0.15) is 0 Å². The van der Waals surface area contributed by atoms with E-state index in [1.807, 2.05) is 42.5 Å². The lowest BCUT2D eigenvalue weighted by molar-refractivity contribution is -0.114. The quantitative estimate of drug-likeness (QED) is 0.505. The first-order chi connectivity index (χ1) is 10.4. The zero-order valence-corrected chi connectivity index (χ0v) is 16.6. The molecule has 0 atom stereocenters. The van der Waals surface area contributed by atoms with Gasteiger partial charge >= 0.3 is 0 Å². The molecule has 1 nitrogen and oxygen atoms in total. The lowest BCUT2D eigenvalue weighted by Crippen LogP contribution is -2.27. The van der Waals surface area contributed by atoms with Crippen LogP contribution in [-0.2, 0) is 4.79 Å². The van der Waals surface area contributed by atoms with Crippen LogP contribution in [0.3, 0.4) is 0 Å². The molecule has 0 aromatic heterocycles. The van der Waals surface area contributed by atoms with Crippen molar-refractivity contribution >= 4 is 21.7 Å². The number of allylic oxidation sites excluding steroid dienone is 5. The number of rotatable bonds is 0. The van der Waals surface area contributed by atoms with E-state index in [-0.39, 0.29) is 16.6 Å². The van der Waals surface area contributed by atoms with Crippen molar-refractivity contribution in [2.45, 2.75) is 41.5 Å². The summed E-state index contributed by atoms with van der Waals surface area (Å²) < 4.78 is 1.13. The maximum atomic E-state index is 12.4. The number of benzene rings is 1. The Kier molecular flexibility index (Phi) is 6.35. The second-order valence-electron chi connectivity index (χ2n) is 7.82. The number of Topliss-reactive ketones (excluding diaryl/α,β-unsaturated/α-hetero) is 1. The van der Waals surface area contributed by atoms with E-state index in [0.29, 0.717) is 0 Å². The van der Waals surface area contributed by atoms with E-state index in [0.717, 1.165) is 21.2 Å². The Bertz CT molecular complexity index is 599. The standard InChI is InChI=1S/C15H22O.C6H5Br/c1-10-8-11(14(2,3)4)13(16)12(9-10)15(5,6)7;7-6-4-2-1-3-5-6/h8-9H,1H2,2-7H3;1-5H. The monoisotopic (exact) mass is 374 g/mol. The van der Waals surface area contributed by atoms with E-state index in [1.165, 1.54) is 0 Å². The van der Waals surface area contributed by atoms with Gasteiger partial charge in [0.25, 0.3) is 0 Å². The molecule has 0 bridgehead atoms. The summed E-state index contributed by atoms with van der Waals surface area (Å²) >= 11 is 3.31. The summed E-state index contributed by atoms with van der Waals surface area (Å²) in [6, 6.07) is 9.97. The van der Waals surface area contributed by atoms with E-state index in [9.17, 15) is 4.79 Å². The summed E-state index contributed by atoms with van der Waals surface area (Å²) in [5, 5.41) is 0. The van der Waals surface area contributed by atoms with E-state index >= 15 is 0 Å². The SMILES string of the molecule is Brc1ccccc1.C=C1C=C(C(C)(C)C)C(=O)C(C(C)(C)C)=C1. The van der Waals surface area contributed by atoms with Crippen molar-refractivity contribution in [2.24, 2.45) is 10.8 Å². The Balaban J connectivity index is 0.000000313. The normalized spacial score (nSPS) is 15.4. The maximum absolute atomic E-state index is 12.4. The third kappa shape index (κ3) is 5.95. The molecular weight excluding hydrogens is 348 g/mol. The molecule has 0 radical (unpaired) electrons. The van der Waals surface area contributed by atoms with Crippen molar-refractivity contribution < 1.29 is 4.79 Å². The Morgan fingerprint density at radius 1 is 0.826 bits per heavy atom. The van der Waals surface area contributed by atoms with Crippen LogP contribution in [0.1, 0.15) is 41.5 Å². The Labute approximate surface area is 149 Å². The van der Waals surface area contributed by atoms with Crippen molar-refractivity contribution in [1.82, 2.24) is 0 Å². The number of carbonyl (C=O) groups is 1. The van der Waals surface area contributed by atoms with E-state index < -0.39 is 0 Å². The summed E-state index contributed by atoms with van der Waals surface area (Å²) in [5.74, 6) is 0.174. The van der Waals surface area contributed by atoms with Gasteiger partial charge in [-0.25, -0.2) is 0 Å². The third-order valence-electron chi connectivity index (χ3n) is 3.50. The topological polar surface area (TPSA) is 17.1 Å². The highest BCUT2D eigenvalue weighted by Gasteiger charge is 2.33. The summed E-state index contributed by atoms with van der Waals surface area (Å²) in [5.41, 5.74) is 2.42. The van der Waals surface area contributed by atoms with Crippen LogP contribution in [0.15, 0.2) is 70.3 Å². The van der Waals surface area contributed by atoms with Gasteiger partial charge in [-0.3, -0.25) is 4.79 Å². The lowest BCUT2D eigenvalue weighted by atomic mass is 9.72. The van der Waals surface area contributed by atoms with E-state index in [2.05, 4.69) is 64.1 Å². The molecule has 0 unspecified atom stereocenters. The predicted molar refractivity (Wildman–Crippen MR) is 103 cm³/mol. The van der Waals surface area contributed by atoms with Gasteiger partial charge in [0.15, 0.2) is 5.78 Å². The minimum Gasteiger partial charge on any atom is -0.289 e. The molecular formula is C21H27BrO. The van der Waals surface area contributed by atoms with Gasteiger partial charge in [0.2, 0.25) is 0 Å². The molecule has 0 aliphatic heterocycles. The Hall–Kier alpha value is -1.41. The highest BCUT2D eigenvalue weighted by molar-refractivity contribution is 9.10. The van der Waals surface area contributed by atoms with Crippen molar-refractivity contribution in [3.05, 3.63) is 70.3 Å². The van der Waals surface area contributed by atoms with Gasteiger partial charge in [-0.1, -0.05) is 82.3 Å².